The first kappa shape index (κ1) is 13.1. The highest BCUT2D eigenvalue weighted by Gasteiger charge is 2.58. The highest BCUT2D eigenvalue weighted by molar-refractivity contribution is 5.66. The Labute approximate surface area is 127 Å². The van der Waals surface area contributed by atoms with Crippen LogP contribution in [0.5, 0.6) is 5.75 Å². The number of amides is 1. The molecule has 3 heterocycles. The van der Waals surface area contributed by atoms with Gasteiger partial charge < -0.3 is 14.7 Å². The van der Waals surface area contributed by atoms with Crippen molar-refractivity contribution in [3.8, 4) is 11.6 Å². The van der Waals surface area contributed by atoms with Gasteiger partial charge in [-0.2, -0.15) is 5.10 Å². The molecule has 1 saturated heterocycles. The summed E-state index contributed by atoms with van der Waals surface area (Å²) in [6.07, 6.45) is 2.74. The lowest BCUT2D eigenvalue weighted by molar-refractivity contribution is 0.150. The van der Waals surface area contributed by atoms with Crippen LogP contribution in [0.1, 0.15) is 11.6 Å². The summed E-state index contributed by atoms with van der Waals surface area (Å²) in [5.41, 5.74) is 1.03. The van der Waals surface area contributed by atoms with E-state index in [2.05, 4.69) is 10.1 Å². The Kier molecular flexibility index (Phi) is 2.82. The third-order valence-electron chi connectivity index (χ3n) is 4.61. The maximum atomic E-state index is 10.9. The highest BCUT2D eigenvalue weighted by Crippen LogP contribution is 2.57. The van der Waals surface area contributed by atoms with Crippen LogP contribution >= 0.6 is 0 Å². The molecule has 2 aromatic rings. The number of ether oxygens (including phenoxy) is 1. The van der Waals surface area contributed by atoms with Crippen LogP contribution in [0.4, 0.5) is 4.79 Å². The second-order valence-electron chi connectivity index (χ2n) is 5.78. The number of aromatic nitrogens is 3. The first-order valence-corrected chi connectivity index (χ1v) is 7.21. The minimum atomic E-state index is -0.820. The van der Waals surface area contributed by atoms with Crippen LogP contribution in [0.3, 0.4) is 0 Å². The van der Waals surface area contributed by atoms with Crippen molar-refractivity contribution in [2.45, 2.75) is 5.92 Å². The topological polar surface area (TPSA) is 80.5 Å². The first-order valence-electron chi connectivity index (χ1n) is 7.21. The van der Waals surface area contributed by atoms with E-state index in [0.29, 0.717) is 36.6 Å². The summed E-state index contributed by atoms with van der Waals surface area (Å²) in [5.74, 6) is 2.67. The molecule has 2 aromatic heterocycles. The number of nitrogens with zero attached hydrogens (tertiary/aromatic N) is 4. The van der Waals surface area contributed by atoms with Crippen molar-refractivity contribution >= 4 is 6.09 Å². The third kappa shape index (κ3) is 2.01. The van der Waals surface area contributed by atoms with Crippen LogP contribution in [-0.4, -0.2) is 51.1 Å². The molecular formula is C15H16N4O3. The first-order chi connectivity index (χ1) is 10.7. The number of carboxylic acid groups (broad SMARTS) is 1. The van der Waals surface area contributed by atoms with E-state index >= 15 is 0 Å². The van der Waals surface area contributed by atoms with Gasteiger partial charge in [0.25, 0.3) is 0 Å². The third-order valence-corrected chi connectivity index (χ3v) is 4.61. The number of rotatable bonds is 3. The fraction of sp³-hybridized carbons (Fsp3) is 0.400. The minimum absolute atomic E-state index is 0.384. The molecule has 7 nitrogen and oxygen atoms in total. The molecule has 7 heteroatoms. The van der Waals surface area contributed by atoms with Gasteiger partial charge in [0.15, 0.2) is 5.82 Å². The zero-order valence-electron chi connectivity index (χ0n) is 12.1. The van der Waals surface area contributed by atoms with Gasteiger partial charge in [-0.3, -0.25) is 0 Å². The van der Waals surface area contributed by atoms with E-state index in [9.17, 15) is 4.79 Å². The standard InChI is InChI=1S/C15H16N4O3/c1-22-9-2-3-13(16-6-9)19-5-4-12(17-19)14-10-7-18(15(20)21)8-11(10)14/h2-6,10-11,14H,7-8H2,1H3,(H,20,21)/t10-,11+,14?. The van der Waals surface area contributed by atoms with Gasteiger partial charge in [0.1, 0.15) is 5.75 Å². The van der Waals surface area contributed by atoms with E-state index in [1.54, 1.807) is 18.0 Å². The molecule has 2 aliphatic rings. The Bertz CT molecular complexity index is 700. The number of fused-ring (bicyclic) bond motifs is 1. The molecule has 1 N–H and O–H groups in total. The fourth-order valence-corrected chi connectivity index (χ4v) is 3.39. The molecule has 3 atom stereocenters. The Balaban J connectivity index is 1.48. The Hall–Kier alpha value is -2.57. The highest BCUT2D eigenvalue weighted by atomic mass is 16.5. The quantitative estimate of drug-likeness (QED) is 0.931. The Morgan fingerprint density at radius 3 is 2.68 bits per heavy atom. The molecular weight excluding hydrogens is 284 g/mol. The summed E-state index contributed by atoms with van der Waals surface area (Å²) in [6.45, 7) is 1.25. The van der Waals surface area contributed by atoms with Gasteiger partial charge in [-0.15, -0.1) is 0 Å². The predicted molar refractivity (Wildman–Crippen MR) is 77.2 cm³/mol. The second-order valence-corrected chi connectivity index (χ2v) is 5.78. The number of piperidine rings is 1. The summed E-state index contributed by atoms with van der Waals surface area (Å²) in [5, 5.41) is 13.6. The summed E-state index contributed by atoms with van der Waals surface area (Å²) in [7, 11) is 1.61. The van der Waals surface area contributed by atoms with Crippen molar-refractivity contribution in [3.63, 3.8) is 0 Å². The molecule has 0 radical (unpaired) electrons. The summed E-state index contributed by atoms with van der Waals surface area (Å²) < 4.78 is 6.84. The average Bonchev–Trinajstić information content (AvgIpc) is 2.95. The lowest BCUT2D eigenvalue weighted by Gasteiger charge is -2.14. The zero-order valence-corrected chi connectivity index (χ0v) is 12.1. The molecule has 0 aromatic carbocycles. The summed E-state index contributed by atoms with van der Waals surface area (Å²) in [6, 6.07) is 5.70. The van der Waals surface area contributed by atoms with Crippen molar-refractivity contribution < 1.29 is 14.6 Å². The van der Waals surface area contributed by atoms with E-state index in [1.165, 1.54) is 4.90 Å². The van der Waals surface area contributed by atoms with Gasteiger partial charge in [-0.25, -0.2) is 14.5 Å². The molecule has 22 heavy (non-hydrogen) atoms. The van der Waals surface area contributed by atoms with Crippen molar-refractivity contribution in [3.05, 3.63) is 36.3 Å². The van der Waals surface area contributed by atoms with Gasteiger partial charge in [0.2, 0.25) is 0 Å². The Morgan fingerprint density at radius 1 is 1.32 bits per heavy atom. The van der Waals surface area contributed by atoms with Crippen LogP contribution in [0, 0.1) is 11.8 Å². The lowest BCUT2D eigenvalue weighted by atomic mass is 10.2. The van der Waals surface area contributed by atoms with Crippen molar-refractivity contribution in [2.24, 2.45) is 11.8 Å². The van der Waals surface area contributed by atoms with E-state index in [1.807, 2.05) is 24.4 Å². The SMILES string of the molecule is COc1ccc(-n2ccc(C3[C@H]4CN(C(=O)O)C[C@@H]34)n2)nc1. The molecule has 1 amide bonds. The molecule has 1 saturated carbocycles. The number of methoxy groups -OCH3 is 1. The van der Waals surface area contributed by atoms with Crippen molar-refractivity contribution in [2.75, 3.05) is 20.2 Å². The van der Waals surface area contributed by atoms with Crippen LogP contribution in [0.25, 0.3) is 5.82 Å². The minimum Gasteiger partial charge on any atom is -0.495 e. The van der Waals surface area contributed by atoms with E-state index in [0.717, 1.165) is 11.5 Å². The Morgan fingerprint density at radius 2 is 2.09 bits per heavy atom. The van der Waals surface area contributed by atoms with Crippen LogP contribution in [-0.2, 0) is 0 Å². The maximum absolute atomic E-state index is 10.9. The second kappa shape index (κ2) is 4.72. The van der Waals surface area contributed by atoms with Gasteiger partial charge in [0, 0.05) is 25.2 Å². The van der Waals surface area contributed by atoms with Crippen LogP contribution < -0.4 is 4.74 Å². The van der Waals surface area contributed by atoms with Crippen LogP contribution in [0.2, 0.25) is 0 Å². The van der Waals surface area contributed by atoms with Crippen molar-refractivity contribution in [1.82, 2.24) is 19.7 Å². The molecule has 1 unspecified atom stereocenters. The molecule has 1 aliphatic carbocycles. The number of pyridine rings is 1. The van der Waals surface area contributed by atoms with E-state index < -0.39 is 6.09 Å². The van der Waals surface area contributed by atoms with Gasteiger partial charge >= 0.3 is 6.09 Å². The van der Waals surface area contributed by atoms with E-state index in [4.69, 9.17) is 9.84 Å². The van der Waals surface area contributed by atoms with Gasteiger partial charge in [-0.05, 0) is 30.0 Å². The van der Waals surface area contributed by atoms with Gasteiger partial charge in [-0.1, -0.05) is 0 Å². The predicted octanol–water partition coefficient (Wildman–Crippen LogP) is 1.60. The maximum Gasteiger partial charge on any atom is 0.407 e. The molecule has 0 spiro atoms. The lowest BCUT2D eigenvalue weighted by Crippen LogP contribution is -2.29. The monoisotopic (exact) mass is 300 g/mol. The average molecular weight is 300 g/mol. The summed E-state index contributed by atoms with van der Waals surface area (Å²) in [4.78, 5) is 16.7. The molecule has 4 rings (SSSR count). The molecule has 0 bridgehead atoms. The number of hydrogen-bond acceptors (Lipinski definition) is 4. The largest absolute Gasteiger partial charge is 0.495 e. The van der Waals surface area contributed by atoms with Crippen molar-refractivity contribution in [1.29, 1.82) is 0 Å². The fourth-order valence-electron chi connectivity index (χ4n) is 3.39. The van der Waals surface area contributed by atoms with Gasteiger partial charge in [0.05, 0.1) is 19.0 Å². The molecule has 114 valence electrons. The van der Waals surface area contributed by atoms with E-state index in [-0.39, 0.29) is 0 Å². The smallest absolute Gasteiger partial charge is 0.407 e. The number of carbonyl (C=O) groups is 1. The molecule has 1 aliphatic heterocycles. The normalized spacial score (nSPS) is 25.9. The number of likely N-dealkylation sites (tertiary alicyclic amines) is 1. The zero-order chi connectivity index (χ0) is 15.3. The molecule has 2 fully saturated rings. The number of hydrogen-bond donors (Lipinski definition) is 1. The van der Waals surface area contributed by atoms with Crippen LogP contribution in [0.15, 0.2) is 30.6 Å². The summed E-state index contributed by atoms with van der Waals surface area (Å²) >= 11 is 0.